The van der Waals surface area contributed by atoms with Crippen LogP contribution in [0.4, 0.5) is 5.69 Å². The lowest BCUT2D eigenvalue weighted by atomic mass is 9.97. The van der Waals surface area contributed by atoms with Gasteiger partial charge in [0.2, 0.25) is 15.9 Å². The molecule has 0 spiro atoms. The van der Waals surface area contributed by atoms with Crippen LogP contribution in [-0.2, 0) is 14.8 Å². The highest BCUT2D eigenvalue weighted by molar-refractivity contribution is 9.10. The summed E-state index contributed by atoms with van der Waals surface area (Å²) in [6.07, 6.45) is 0.883. The van der Waals surface area contributed by atoms with Gasteiger partial charge in [-0.15, -0.1) is 0 Å². The minimum atomic E-state index is -3.75. The van der Waals surface area contributed by atoms with E-state index in [2.05, 4.69) is 21.2 Å². The number of hydrogen-bond donors (Lipinski definition) is 1. The second-order valence-corrected chi connectivity index (χ2v) is 9.92. The average Bonchev–Trinajstić information content (AvgIpc) is 2.63. The average molecular weight is 492 g/mol. The number of nitrogens with zero attached hydrogens (tertiary/aromatic N) is 1. The van der Waals surface area contributed by atoms with Gasteiger partial charge in [-0.05, 0) is 49.2 Å². The largest absolute Gasteiger partial charge is 0.326 e. The first-order valence-corrected chi connectivity index (χ1v) is 11.3. The van der Waals surface area contributed by atoms with E-state index in [0.717, 1.165) is 4.47 Å². The van der Waals surface area contributed by atoms with Crippen molar-refractivity contribution in [1.82, 2.24) is 4.31 Å². The molecular formula is C18H17BrCl2N2O3S. The summed E-state index contributed by atoms with van der Waals surface area (Å²) in [6.45, 7) is 0.503. The van der Waals surface area contributed by atoms with Gasteiger partial charge < -0.3 is 5.32 Å². The first kappa shape index (κ1) is 20.6. The fourth-order valence-electron chi connectivity index (χ4n) is 2.98. The summed E-state index contributed by atoms with van der Waals surface area (Å²) in [6, 6.07) is 11.7. The molecule has 27 heavy (non-hydrogen) atoms. The van der Waals surface area contributed by atoms with Crippen LogP contribution in [0.3, 0.4) is 0 Å². The third-order valence-electron chi connectivity index (χ3n) is 4.43. The molecule has 2 aromatic carbocycles. The number of rotatable bonds is 4. The Hall–Kier alpha value is -1.12. The zero-order chi connectivity index (χ0) is 19.6. The summed E-state index contributed by atoms with van der Waals surface area (Å²) in [4.78, 5) is 12.5. The van der Waals surface area contributed by atoms with Gasteiger partial charge >= 0.3 is 0 Å². The summed E-state index contributed by atoms with van der Waals surface area (Å²) < 4.78 is 27.9. The van der Waals surface area contributed by atoms with E-state index >= 15 is 0 Å². The number of piperidine rings is 1. The number of halogens is 3. The van der Waals surface area contributed by atoms with Gasteiger partial charge in [0.05, 0.1) is 5.02 Å². The van der Waals surface area contributed by atoms with Crippen molar-refractivity contribution in [1.29, 1.82) is 0 Å². The number of benzene rings is 2. The Morgan fingerprint density at radius 3 is 2.48 bits per heavy atom. The second kappa shape index (κ2) is 8.49. The SMILES string of the molecule is O=C(Nc1cccc(Br)c1)C1CCN(S(=O)(=O)c2cc(Cl)ccc2Cl)CC1. The molecule has 1 fully saturated rings. The van der Waals surface area contributed by atoms with Crippen LogP contribution in [0.2, 0.25) is 10.0 Å². The van der Waals surface area contributed by atoms with E-state index in [9.17, 15) is 13.2 Å². The van der Waals surface area contributed by atoms with Crippen LogP contribution in [0.1, 0.15) is 12.8 Å². The standard InChI is InChI=1S/C18H17BrCl2N2O3S/c19-13-2-1-3-15(10-13)22-18(24)12-6-8-23(9-7-12)27(25,26)17-11-14(20)4-5-16(17)21/h1-5,10-12H,6-9H2,(H,22,24). The van der Waals surface area contributed by atoms with Gasteiger partial charge in [0.1, 0.15) is 4.90 Å². The number of carbonyl (C=O) groups is 1. The molecule has 1 N–H and O–H groups in total. The number of carbonyl (C=O) groups excluding carboxylic acids is 1. The molecule has 1 aliphatic rings. The molecule has 1 aliphatic heterocycles. The molecule has 1 heterocycles. The Balaban J connectivity index is 1.66. The molecular weight excluding hydrogens is 475 g/mol. The molecule has 1 amide bonds. The maximum Gasteiger partial charge on any atom is 0.244 e. The Labute approximate surface area is 176 Å². The first-order chi connectivity index (χ1) is 12.8. The van der Waals surface area contributed by atoms with Crippen molar-refractivity contribution < 1.29 is 13.2 Å². The van der Waals surface area contributed by atoms with Crippen LogP contribution in [0, 0.1) is 5.92 Å². The topological polar surface area (TPSA) is 66.5 Å². The Bertz CT molecular complexity index is 961. The summed E-state index contributed by atoms with van der Waals surface area (Å²) in [5.74, 6) is -0.351. The molecule has 0 radical (unpaired) electrons. The Kier molecular flexibility index (Phi) is 6.48. The normalized spacial score (nSPS) is 16.3. The van der Waals surface area contributed by atoms with Crippen LogP contribution in [-0.4, -0.2) is 31.7 Å². The lowest BCUT2D eigenvalue weighted by Gasteiger charge is -2.30. The van der Waals surface area contributed by atoms with Crippen LogP contribution < -0.4 is 5.32 Å². The van der Waals surface area contributed by atoms with E-state index in [1.54, 1.807) is 6.07 Å². The third kappa shape index (κ3) is 4.84. The number of nitrogens with one attached hydrogen (secondary N) is 1. The molecule has 9 heteroatoms. The van der Waals surface area contributed by atoms with E-state index < -0.39 is 10.0 Å². The summed E-state index contributed by atoms with van der Waals surface area (Å²) in [7, 11) is -3.75. The van der Waals surface area contributed by atoms with Crippen molar-refractivity contribution >= 4 is 60.7 Å². The minimum Gasteiger partial charge on any atom is -0.326 e. The summed E-state index contributed by atoms with van der Waals surface area (Å²) in [5.41, 5.74) is 0.704. The number of anilines is 1. The molecule has 0 saturated carbocycles. The van der Waals surface area contributed by atoms with Gasteiger partial charge in [-0.25, -0.2) is 8.42 Å². The molecule has 0 bridgehead atoms. The van der Waals surface area contributed by atoms with Crippen molar-refractivity contribution in [2.45, 2.75) is 17.7 Å². The molecule has 0 unspecified atom stereocenters. The molecule has 0 aromatic heterocycles. The van der Waals surface area contributed by atoms with Crippen molar-refractivity contribution in [2.24, 2.45) is 5.92 Å². The lowest BCUT2D eigenvalue weighted by molar-refractivity contribution is -0.120. The maximum absolute atomic E-state index is 12.8. The van der Waals surface area contributed by atoms with E-state index in [0.29, 0.717) is 23.6 Å². The van der Waals surface area contributed by atoms with Crippen molar-refractivity contribution in [3.63, 3.8) is 0 Å². The highest BCUT2D eigenvalue weighted by Gasteiger charge is 2.33. The zero-order valence-corrected chi connectivity index (χ0v) is 18.1. The highest BCUT2D eigenvalue weighted by atomic mass is 79.9. The van der Waals surface area contributed by atoms with E-state index in [4.69, 9.17) is 23.2 Å². The highest BCUT2D eigenvalue weighted by Crippen LogP contribution is 2.30. The Morgan fingerprint density at radius 2 is 1.81 bits per heavy atom. The fraction of sp³-hybridized carbons (Fsp3) is 0.278. The molecule has 0 atom stereocenters. The third-order valence-corrected chi connectivity index (χ3v) is 7.54. The maximum atomic E-state index is 12.8. The van der Waals surface area contributed by atoms with Crippen molar-refractivity contribution in [3.05, 3.63) is 57.0 Å². The van der Waals surface area contributed by atoms with Gasteiger partial charge in [-0.1, -0.05) is 45.2 Å². The molecule has 5 nitrogen and oxygen atoms in total. The van der Waals surface area contributed by atoms with Crippen LogP contribution in [0.15, 0.2) is 51.8 Å². The smallest absolute Gasteiger partial charge is 0.244 e. The Morgan fingerprint density at radius 1 is 1.11 bits per heavy atom. The van der Waals surface area contributed by atoms with Gasteiger partial charge in [0.15, 0.2) is 0 Å². The van der Waals surface area contributed by atoms with Gasteiger partial charge in [0.25, 0.3) is 0 Å². The van der Waals surface area contributed by atoms with Gasteiger partial charge in [-0.2, -0.15) is 4.31 Å². The summed E-state index contributed by atoms with van der Waals surface area (Å²) >= 11 is 15.3. The first-order valence-electron chi connectivity index (χ1n) is 8.29. The van der Waals surface area contributed by atoms with Crippen LogP contribution in [0.25, 0.3) is 0 Å². The van der Waals surface area contributed by atoms with Crippen molar-refractivity contribution in [2.75, 3.05) is 18.4 Å². The second-order valence-electron chi connectivity index (χ2n) is 6.25. The van der Waals surface area contributed by atoms with E-state index in [-0.39, 0.29) is 34.8 Å². The van der Waals surface area contributed by atoms with Crippen LogP contribution >= 0.6 is 39.1 Å². The van der Waals surface area contributed by atoms with Gasteiger partial charge in [-0.3, -0.25) is 4.79 Å². The molecule has 144 valence electrons. The number of amides is 1. The quantitative estimate of drug-likeness (QED) is 0.668. The molecule has 2 aromatic rings. The predicted octanol–water partition coefficient (Wildman–Crippen LogP) is 4.80. The van der Waals surface area contributed by atoms with E-state index in [1.165, 1.54) is 16.4 Å². The number of sulfonamides is 1. The molecule has 3 rings (SSSR count). The lowest BCUT2D eigenvalue weighted by Crippen LogP contribution is -2.41. The molecule has 0 aliphatic carbocycles. The minimum absolute atomic E-state index is 0.00583. The van der Waals surface area contributed by atoms with Gasteiger partial charge in [0, 0.05) is 34.2 Å². The van der Waals surface area contributed by atoms with Crippen molar-refractivity contribution in [3.8, 4) is 0 Å². The molecule has 1 saturated heterocycles. The summed E-state index contributed by atoms with van der Waals surface area (Å²) in [5, 5.41) is 3.32. The predicted molar refractivity (Wildman–Crippen MR) is 111 cm³/mol. The number of hydrogen-bond acceptors (Lipinski definition) is 3. The van der Waals surface area contributed by atoms with Crippen LogP contribution in [0.5, 0.6) is 0 Å². The van der Waals surface area contributed by atoms with E-state index in [1.807, 2.05) is 24.3 Å². The monoisotopic (exact) mass is 490 g/mol. The zero-order valence-electron chi connectivity index (χ0n) is 14.2. The fourth-order valence-corrected chi connectivity index (χ4v) is 5.59.